The van der Waals surface area contributed by atoms with E-state index in [4.69, 9.17) is 5.73 Å². The molecule has 0 aliphatic carbocycles. The van der Waals surface area contributed by atoms with Crippen molar-refractivity contribution in [3.8, 4) is 0 Å². The van der Waals surface area contributed by atoms with Crippen LogP contribution < -0.4 is 5.73 Å². The number of carbonyl (C=O) groups is 1. The molecule has 1 aromatic heterocycles. The molecule has 0 fully saturated rings. The summed E-state index contributed by atoms with van der Waals surface area (Å²) < 4.78 is 13.3. The highest BCUT2D eigenvalue weighted by molar-refractivity contribution is 5.94. The van der Waals surface area contributed by atoms with Gasteiger partial charge in [0.05, 0.1) is 5.69 Å². The Hall–Kier alpha value is -2.43. The van der Waals surface area contributed by atoms with Gasteiger partial charge in [-0.1, -0.05) is 6.07 Å². The number of nitrogen functional groups attached to an aromatic ring is 1. The Labute approximate surface area is 117 Å². The fourth-order valence-corrected chi connectivity index (χ4v) is 1.81. The summed E-state index contributed by atoms with van der Waals surface area (Å²) in [5.41, 5.74) is 6.64. The lowest BCUT2D eigenvalue weighted by atomic mass is 10.1. The topological polar surface area (TPSA) is 59.2 Å². The summed E-state index contributed by atoms with van der Waals surface area (Å²) in [5, 5.41) is 0. The zero-order chi connectivity index (χ0) is 14.5. The summed E-state index contributed by atoms with van der Waals surface area (Å²) in [7, 11) is 1.68. The summed E-state index contributed by atoms with van der Waals surface area (Å²) in [4.78, 5) is 17.9. The number of halogens is 1. The van der Waals surface area contributed by atoms with Gasteiger partial charge in [0.25, 0.3) is 5.91 Å². The molecule has 2 aromatic rings. The highest BCUT2D eigenvalue weighted by atomic mass is 19.1. The molecule has 0 unspecified atom stereocenters. The van der Waals surface area contributed by atoms with E-state index in [0.29, 0.717) is 18.5 Å². The van der Waals surface area contributed by atoms with Crippen molar-refractivity contribution in [3.05, 3.63) is 59.7 Å². The smallest absolute Gasteiger partial charge is 0.253 e. The van der Waals surface area contributed by atoms with Gasteiger partial charge >= 0.3 is 0 Å². The standard InChI is InChI=1S/C15H16FN3O/c1-19(9-7-12-4-2-3-8-18-12)15(20)11-5-6-14(17)13(16)10-11/h2-6,8,10H,7,9,17H2,1H3. The van der Waals surface area contributed by atoms with Crippen LogP contribution in [0.15, 0.2) is 42.6 Å². The van der Waals surface area contributed by atoms with Crippen LogP contribution in [0.3, 0.4) is 0 Å². The van der Waals surface area contributed by atoms with Crippen molar-refractivity contribution in [2.75, 3.05) is 19.3 Å². The van der Waals surface area contributed by atoms with Gasteiger partial charge in [0.2, 0.25) is 0 Å². The molecule has 2 rings (SSSR count). The van der Waals surface area contributed by atoms with Gasteiger partial charge in [0.15, 0.2) is 0 Å². The third-order valence-electron chi connectivity index (χ3n) is 3.02. The highest BCUT2D eigenvalue weighted by Gasteiger charge is 2.13. The van der Waals surface area contributed by atoms with Crippen molar-refractivity contribution < 1.29 is 9.18 Å². The molecule has 0 aliphatic heterocycles. The maximum Gasteiger partial charge on any atom is 0.253 e. The number of hydrogen-bond donors (Lipinski definition) is 1. The summed E-state index contributed by atoms with van der Waals surface area (Å²) >= 11 is 0. The molecule has 2 N–H and O–H groups in total. The molecule has 0 aliphatic rings. The first kappa shape index (κ1) is 14.0. The average molecular weight is 273 g/mol. The molecule has 1 aromatic carbocycles. The monoisotopic (exact) mass is 273 g/mol. The minimum Gasteiger partial charge on any atom is -0.396 e. The first-order valence-electron chi connectivity index (χ1n) is 6.28. The molecule has 20 heavy (non-hydrogen) atoms. The van der Waals surface area contributed by atoms with Gasteiger partial charge in [-0.05, 0) is 30.3 Å². The molecule has 0 bridgehead atoms. The molecular formula is C15H16FN3O. The lowest BCUT2D eigenvalue weighted by molar-refractivity contribution is 0.0796. The van der Waals surface area contributed by atoms with Crippen LogP contribution in [0.5, 0.6) is 0 Å². The number of carbonyl (C=O) groups excluding carboxylic acids is 1. The second kappa shape index (κ2) is 6.14. The predicted octanol–water partition coefficient (Wildman–Crippen LogP) is 2.12. The fraction of sp³-hybridized carbons (Fsp3) is 0.200. The number of aromatic nitrogens is 1. The normalized spacial score (nSPS) is 10.3. The Morgan fingerprint density at radius 3 is 2.80 bits per heavy atom. The molecular weight excluding hydrogens is 257 g/mol. The van der Waals surface area contributed by atoms with E-state index in [0.717, 1.165) is 11.8 Å². The first-order chi connectivity index (χ1) is 9.58. The Morgan fingerprint density at radius 2 is 2.15 bits per heavy atom. The van der Waals surface area contributed by atoms with Gasteiger partial charge in [0.1, 0.15) is 5.82 Å². The van der Waals surface area contributed by atoms with E-state index < -0.39 is 5.82 Å². The van der Waals surface area contributed by atoms with Gasteiger partial charge in [-0.25, -0.2) is 4.39 Å². The van der Waals surface area contributed by atoms with Crippen LogP contribution in [0.25, 0.3) is 0 Å². The minimum atomic E-state index is -0.575. The summed E-state index contributed by atoms with van der Waals surface area (Å²) in [6, 6.07) is 9.73. The van der Waals surface area contributed by atoms with Crippen molar-refractivity contribution in [3.63, 3.8) is 0 Å². The number of hydrogen-bond acceptors (Lipinski definition) is 3. The fourth-order valence-electron chi connectivity index (χ4n) is 1.81. The number of benzene rings is 1. The van der Waals surface area contributed by atoms with Gasteiger partial charge in [0, 0.05) is 37.5 Å². The predicted molar refractivity (Wildman–Crippen MR) is 75.7 cm³/mol. The average Bonchev–Trinajstić information content (AvgIpc) is 2.48. The number of amides is 1. The van der Waals surface area contributed by atoms with Crippen molar-refractivity contribution >= 4 is 11.6 Å². The third-order valence-corrected chi connectivity index (χ3v) is 3.02. The SMILES string of the molecule is CN(CCc1ccccn1)C(=O)c1ccc(N)c(F)c1. The molecule has 1 heterocycles. The van der Waals surface area contributed by atoms with E-state index in [9.17, 15) is 9.18 Å². The van der Waals surface area contributed by atoms with Crippen molar-refractivity contribution in [1.29, 1.82) is 0 Å². The number of nitrogens with zero attached hydrogens (tertiary/aromatic N) is 2. The summed E-state index contributed by atoms with van der Waals surface area (Å²) in [6.45, 7) is 0.516. The van der Waals surface area contributed by atoms with E-state index >= 15 is 0 Å². The molecule has 0 radical (unpaired) electrons. The second-order valence-electron chi connectivity index (χ2n) is 4.53. The number of nitrogens with two attached hydrogens (primary N) is 1. The lowest BCUT2D eigenvalue weighted by Crippen LogP contribution is -2.29. The van der Waals surface area contributed by atoms with E-state index in [1.165, 1.54) is 12.1 Å². The number of pyridine rings is 1. The minimum absolute atomic E-state index is 0.0395. The number of rotatable bonds is 4. The van der Waals surface area contributed by atoms with Crippen LogP contribution in [-0.4, -0.2) is 29.4 Å². The molecule has 1 amide bonds. The van der Waals surface area contributed by atoms with Gasteiger partial charge < -0.3 is 10.6 Å². The zero-order valence-electron chi connectivity index (χ0n) is 11.2. The van der Waals surface area contributed by atoms with E-state index in [-0.39, 0.29) is 11.6 Å². The van der Waals surface area contributed by atoms with Crippen LogP contribution in [-0.2, 0) is 6.42 Å². The van der Waals surface area contributed by atoms with Crippen LogP contribution in [0, 0.1) is 5.82 Å². The van der Waals surface area contributed by atoms with Gasteiger partial charge in [-0.2, -0.15) is 0 Å². The highest BCUT2D eigenvalue weighted by Crippen LogP contribution is 2.13. The molecule has 0 saturated carbocycles. The second-order valence-corrected chi connectivity index (χ2v) is 4.53. The zero-order valence-corrected chi connectivity index (χ0v) is 11.2. The maximum atomic E-state index is 13.3. The Bertz CT molecular complexity index is 601. The van der Waals surface area contributed by atoms with Crippen LogP contribution in [0.4, 0.5) is 10.1 Å². The van der Waals surface area contributed by atoms with Crippen LogP contribution in [0.2, 0.25) is 0 Å². The quantitative estimate of drug-likeness (QED) is 0.868. The molecule has 4 nitrogen and oxygen atoms in total. The largest absolute Gasteiger partial charge is 0.396 e. The molecule has 0 atom stereocenters. The maximum absolute atomic E-state index is 13.3. The van der Waals surface area contributed by atoms with Crippen molar-refractivity contribution in [1.82, 2.24) is 9.88 Å². The molecule has 104 valence electrons. The van der Waals surface area contributed by atoms with Crippen LogP contribution >= 0.6 is 0 Å². The number of anilines is 1. The van der Waals surface area contributed by atoms with Crippen molar-refractivity contribution in [2.45, 2.75) is 6.42 Å². The molecule has 0 spiro atoms. The van der Waals surface area contributed by atoms with E-state index in [2.05, 4.69) is 4.98 Å². The third kappa shape index (κ3) is 3.32. The van der Waals surface area contributed by atoms with E-state index in [1.54, 1.807) is 18.1 Å². The summed E-state index contributed by atoms with van der Waals surface area (Å²) in [6.07, 6.45) is 2.37. The van der Waals surface area contributed by atoms with Crippen LogP contribution in [0.1, 0.15) is 16.1 Å². The Balaban J connectivity index is 1.99. The molecule has 0 saturated heterocycles. The number of likely N-dealkylation sites (N-methyl/N-ethyl adjacent to an activating group) is 1. The Morgan fingerprint density at radius 1 is 1.35 bits per heavy atom. The summed E-state index contributed by atoms with van der Waals surface area (Å²) in [5.74, 6) is -0.811. The van der Waals surface area contributed by atoms with Crippen molar-refractivity contribution in [2.24, 2.45) is 0 Å². The van der Waals surface area contributed by atoms with Gasteiger partial charge in [-0.3, -0.25) is 9.78 Å². The first-order valence-corrected chi connectivity index (χ1v) is 6.28. The van der Waals surface area contributed by atoms with Gasteiger partial charge in [-0.15, -0.1) is 0 Å². The Kier molecular flexibility index (Phi) is 4.30. The lowest BCUT2D eigenvalue weighted by Gasteiger charge is -2.17. The van der Waals surface area contributed by atoms with E-state index in [1.807, 2.05) is 18.2 Å². The molecule has 5 heteroatoms.